The first-order chi connectivity index (χ1) is 1.91. The third-order valence-corrected chi connectivity index (χ3v) is 0.105. The van der Waals surface area contributed by atoms with E-state index in [0.29, 0.717) is 0 Å². The Morgan fingerprint density at radius 1 is 2.00 bits per heavy atom. The Morgan fingerprint density at radius 2 is 2.25 bits per heavy atom. The molecule has 2 heteroatoms. The third kappa shape index (κ3) is 1.60. The molecule has 0 saturated carbocycles. The molecule has 1 radical (unpaired) electrons. The molecule has 0 spiro atoms. The fourth-order valence-electron chi connectivity index (χ4n) is 0. The SMILES string of the molecule is [B]=NC=C. The Balaban J connectivity index is 2.73. The van der Waals surface area contributed by atoms with Gasteiger partial charge in [0.25, 0.3) is 0 Å². The van der Waals surface area contributed by atoms with E-state index in [9.17, 15) is 0 Å². The van der Waals surface area contributed by atoms with Crippen LogP contribution in [0.4, 0.5) is 0 Å². The van der Waals surface area contributed by atoms with Gasteiger partial charge in [0, 0.05) is 0 Å². The molecule has 0 heterocycles. The van der Waals surface area contributed by atoms with Crippen LogP contribution in [-0.4, -0.2) is 7.64 Å². The Bertz CT molecular complexity index is 27.0. The van der Waals surface area contributed by atoms with E-state index in [1.54, 1.807) is 0 Å². The van der Waals surface area contributed by atoms with Gasteiger partial charge in [0.05, 0.1) is 0 Å². The molecule has 0 amide bonds. The standard InChI is InChI=1S/C2H3BN/c1-2-4-3/h2H,1H2. The van der Waals surface area contributed by atoms with Crippen molar-refractivity contribution in [1.82, 2.24) is 0 Å². The van der Waals surface area contributed by atoms with E-state index in [4.69, 9.17) is 0 Å². The molecule has 0 aromatic rings. The van der Waals surface area contributed by atoms with Crippen LogP contribution in [0.25, 0.3) is 0 Å². The van der Waals surface area contributed by atoms with E-state index in [0.717, 1.165) is 0 Å². The monoisotopic (exact) mass is 52.0 g/mol. The van der Waals surface area contributed by atoms with Gasteiger partial charge in [-0.15, -0.1) is 0 Å². The van der Waals surface area contributed by atoms with Gasteiger partial charge in [0.2, 0.25) is 0 Å². The fourth-order valence-corrected chi connectivity index (χ4v) is 0. The van der Waals surface area contributed by atoms with Crippen LogP contribution in [-0.2, 0) is 0 Å². The molecule has 0 rings (SSSR count). The van der Waals surface area contributed by atoms with Gasteiger partial charge >= 0.3 is 25.3 Å². The summed E-state index contributed by atoms with van der Waals surface area (Å²) >= 11 is 0. The molecule has 0 aliphatic heterocycles. The first kappa shape index (κ1) is 3.60. The third-order valence-electron chi connectivity index (χ3n) is 0.105. The molecule has 0 bridgehead atoms. The van der Waals surface area contributed by atoms with Gasteiger partial charge in [-0.2, -0.15) is 0 Å². The van der Waals surface area contributed by atoms with Gasteiger partial charge in [0.1, 0.15) is 0 Å². The summed E-state index contributed by atoms with van der Waals surface area (Å²) in [6.45, 7) is 3.19. The van der Waals surface area contributed by atoms with Gasteiger partial charge in [-0.25, -0.2) is 0 Å². The molecule has 0 aliphatic carbocycles. The second kappa shape index (κ2) is 2.60. The Morgan fingerprint density at radius 3 is 2.25 bits per heavy atom. The zero-order chi connectivity index (χ0) is 3.41. The maximum atomic E-state index is 4.53. The molecule has 0 aromatic carbocycles. The van der Waals surface area contributed by atoms with Crippen LogP contribution in [0.3, 0.4) is 0 Å². The quantitative estimate of drug-likeness (QED) is 0.385. The van der Waals surface area contributed by atoms with E-state index in [-0.39, 0.29) is 0 Å². The van der Waals surface area contributed by atoms with Gasteiger partial charge in [0.15, 0.2) is 0 Å². The molecule has 0 aromatic heterocycles. The van der Waals surface area contributed by atoms with Crippen molar-refractivity contribution in [3.63, 3.8) is 0 Å². The normalized spacial score (nSPS) is 4.75. The summed E-state index contributed by atoms with van der Waals surface area (Å²) in [4.78, 5) is 3.00. The summed E-state index contributed by atoms with van der Waals surface area (Å²) in [7, 11) is 4.53. The predicted octanol–water partition coefficient (Wildman–Crippen LogP) is 0.482. The van der Waals surface area contributed by atoms with E-state index in [1.165, 1.54) is 6.20 Å². The number of hydrogen-bond acceptors (Lipinski definition) is 1. The molecule has 0 N–H and O–H groups in total. The first-order valence-electron chi connectivity index (χ1n) is 0.925. The second-order valence-electron chi connectivity index (χ2n) is 0.332. The number of rotatable bonds is 1. The summed E-state index contributed by atoms with van der Waals surface area (Å²) in [6, 6.07) is 0. The second-order valence-corrected chi connectivity index (χ2v) is 0.332. The molecule has 4 heavy (non-hydrogen) atoms. The van der Waals surface area contributed by atoms with Crippen LogP contribution in [0.2, 0.25) is 0 Å². The summed E-state index contributed by atoms with van der Waals surface area (Å²) in [5, 5.41) is 0. The number of hydrogen-bond donors (Lipinski definition) is 0. The summed E-state index contributed by atoms with van der Waals surface area (Å²) < 4.78 is 0. The van der Waals surface area contributed by atoms with Crippen LogP contribution in [0.15, 0.2) is 17.7 Å². The summed E-state index contributed by atoms with van der Waals surface area (Å²) in [5.74, 6) is 0. The zero-order valence-electron chi connectivity index (χ0n) is 2.31. The minimum absolute atomic E-state index is 1.28. The van der Waals surface area contributed by atoms with E-state index < -0.39 is 0 Å². The topological polar surface area (TPSA) is 12.4 Å². The molecule has 19 valence electrons. The zero-order valence-corrected chi connectivity index (χ0v) is 2.31. The Labute approximate surface area is 26.5 Å². The fraction of sp³-hybridized carbons (Fsp3) is 0. The van der Waals surface area contributed by atoms with Crippen molar-refractivity contribution >= 4 is 7.64 Å². The molecule has 0 unspecified atom stereocenters. The van der Waals surface area contributed by atoms with Crippen LogP contribution < -0.4 is 0 Å². The van der Waals surface area contributed by atoms with E-state index in [2.05, 4.69) is 19.1 Å². The molecule has 0 aliphatic rings. The van der Waals surface area contributed by atoms with Gasteiger partial charge in [-0.1, -0.05) is 0 Å². The molecular weight excluding hydrogens is 48.8 g/mol. The summed E-state index contributed by atoms with van der Waals surface area (Å²) in [6.07, 6.45) is 1.28. The Hall–Kier alpha value is -0.395. The minimum atomic E-state index is 1.28. The van der Waals surface area contributed by atoms with Crippen molar-refractivity contribution in [2.45, 2.75) is 0 Å². The van der Waals surface area contributed by atoms with Gasteiger partial charge < -0.3 is 0 Å². The van der Waals surface area contributed by atoms with Crippen molar-refractivity contribution in [3.8, 4) is 0 Å². The summed E-state index contributed by atoms with van der Waals surface area (Å²) in [5.41, 5.74) is 0. The van der Waals surface area contributed by atoms with Crippen molar-refractivity contribution in [3.05, 3.63) is 12.8 Å². The van der Waals surface area contributed by atoms with E-state index in [1.807, 2.05) is 0 Å². The van der Waals surface area contributed by atoms with E-state index >= 15 is 0 Å². The average molecular weight is 51.9 g/mol. The van der Waals surface area contributed by atoms with Crippen molar-refractivity contribution < 1.29 is 0 Å². The molecule has 0 fully saturated rings. The molecule has 0 saturated heterocycles. The first-order valence-corrected chi connectivity index (χ1v) is 0.925. The van der Waals surface area contributed by atoms with Crippen molar-refractivity contribution in [2.24, 2.45) is 4.90 Å². The maximum absolute atomic E-state index is 4.53. The van der Waals surface area contributed by atoms with Crippen LogP contribution >= 0.6 is 0 Å². The van der Waals surface area contributed by atoms with Gasteiger partial charge in [-0.3, -0.25) is 0 Å². The van der Waals surface area contributed by atoms with Crippen LogP contribution in [0.5, 0.6) is 0 Å². The molecule has 0 atom stereocenters. The van der Waals surface area contributed by atoms with Crippen LogP contribution in [0, 0.1) is 0 Å². The van der Waals surface area contributed by atoms with Crippen molar-refractivity contribution in [1.29, 1.82) is 0 Å². The average Bonchev–Trinajstić information content (AvgIpc) is 1.37. The number of nitrogens with zero attached hydrogens (tertiary/aromatic N) is 1. The molecular formula is C2H3BN. The van der Waals surface area contributed by atoms with Crippen molar-refractivity contribution in [2.75, 3.05) is 0 Å². The molecule has 1 nitrogen and oxygen atoms in total. The predicted molar refractivity (Wildman–Crippen MR) is 18.4 cm³/mol. The van der Waals surface area contributed by atoms with Gasteiger partial charge in [-0.05, 0) is 0 Å². The Kier molecular flexibility index (Phi) is 2.35. The van der Waals surface area contributed by atoms with Crippen LogP contribution in [0.1, 0.15) is 0 Å².